The van der Waals surface area contributed by atoms with E-state index in [1.54, 1.807) is 128 Å². The highest BCUT2D eigenvalue weighted by atomic mass is 32.2. The van der Waals surface area contributed by atoms with Crippen LogP contribution in [0.3, 0.4) is 0 Å². The molecule has 0 saturated carbocycles. The van der Waals surface area contributed by atoms with Crippen LogP contribution in [0, 0.1) is 0 Å². The van der Waals surface area contributed by atoms with Crippen LogP contribution in [-0.2, 0) is 85.5 Å². The van der Waals surface area contributed by atoms with Gasteiger partial charge in [-0.2, -0.15) is 12.9 Å². The summed E-state index contributed by atoms with van der Waals surface area (Å²) in [5, 5.41) is 14.4. The van der Waals surface area contributed by atoms with E-state index in [2.05, 4.69) is 26.6 Å². The molecule has 5 amide bonds. The summed E-state index contributed by atoms with van der Waals surface area (Å²) in [7, 11) is -11.0. The van der Waals surface area contributed by atoms with Crippen molar-refractivity contribution in [2.24, 2.45) is 22.9 Å². The van der Waals surface area contributed by atoms with Crippen molar-refractivity contribution in [3.05, 3.63) is 179 Å². The van der Waals surface area contributed by atoms with Crippen molar-refractivity contribution < 1.29 is 49.2 Å². The Labute approximate surface area is 506 Å². The van der Waals surface area contributed by atoms with Crippen LogP contribution < -0.4 is 49.5 Å². The van der Waals surface area contributed by atoms with Crippen LogP contribution in [0.1, 0.15) is 47.1 Å². The average molecular weight is 1250 g/mol. The summed E-state index contributed by atoms with van der Waals surface area (Å²) >= 11 is 0. The summed E-state index contributed by atoms with van der Waals surface area (Å²) in [5.74, 6) is -5.64. The standard InChI is InChI=1S/C60H84N12O11S3/c1-65-51(35-46-19-7-2-8-20-46)39-71(84(78,79)33-31-62)44-58(75)69-55(38-49-25-13-5-14-26-49)60(77)67-53(37-48-23-11-4-12-24-48)41-72(85(80,81)34-32-63)43-57(74)68-54(29-17-18-30-61)59(76)66-52(36-47-21-9-3-10-22-47)40-70(42-56(64)73)86(82,83)45-50-27-15-6-16-28-50/h2-16,19-28,51-55,65H,17-18,29-45,61-63H2,1H3,(H2,64,73)(H,66,76)(H,67,77)(H,68,74)(H,69,75)/t51-,52-,53-,54-,55-/m0/s1. The van der Waals surface area contributed by atoms with Crippen molar-refractivity contribution in [3.63, 3.8) is 0 Å². The van der Waals surface area contributed by atoms with Crippen LogP contribution in [-0.4, -0.2) is 175 Å². The van der Waals surface area contributed by atoms with E-state index in [1.165, 1.54) is 0 Å². The highest BCUT2D eigenvalue weighted by molar-refractivity contribution is 7.89. The van der Waals surface area contributed by atoms with E-state index in [1.807, 2.05) is 30.3 Å². The molecule has 5 aromatic carbocycles. The Balaban J connectivity index is 1.43. The molecule has 0 aliphatic carbocycles. The number of nitrogens with one attached hydrogen (secondary N) is 5. The molecule has 0 aliphatic rings. The lowest BCUT2D eigenvalue weighted by molar-refractivity contribution is -0.130. The van der Waals surface area contributed by atoms with Gasteiger partial charge in [0.25, 0.3) is 0 Å². The van der Waals surface area contributed by atoms with Crippen molar-refractivity contribution in [3.8, 4) is 0 Å². The molecule has 0 aromatic heterocycles. The van der Waals surface area contributed by atoms with Gasteiger partial charge in [-0.3, -0.25) is 24.0 Å². The molecule has 5 aromatic rings. The van der Waals surface area contributed by atoms with Gasteiger partial charge in [-0.25, -0.2) is 25.3 Å². The number of sulfonamides is 3. The third-order valence-electron chi connectivity index (χ3n) is 14.0. The van der Waals surface area contributed by atoms with Gasteiger partial charge in [0.2, 0.25) is 59.6 Å². The smallest absolute Gasteiger partial charge is 0.243 e. The first kappa shape index (κ1) is 69.8. The predicted octanol–water partition coefficient (Wildman–Crippen LogP) is 0.112. The maximum atomic E-state index is 14.8. The van der Waals surface area contributed by atoms with Gasteiger partial charge in [-0.1, -0.05) is 152 Å². The summed E-state index contributed by atoms with van der Waals surface area (Å²) in [6.07, 6.45) is 1.28. The molecule has 0 aliphatic heterocycles. The number of amides is 5. The van der Waals surface area contributed by atoms with Gasteiger partial charge in [-0.15, -0.1) is 0 Å². The molecular weight excluding hydrogens is 1160 g/mol. The van der Waals surface area contributed by atoms with E-state index in [0.717, 1.165) is 18.5 Å². The Bertz CT molecular complexity index is 3240. The Morgan fingerprint density at radius 1 is 0.419 bits per heavy atom. The van der Waals surface area contributed by atoms with Gasteiger partial charge in [-0.05, 0) is 79.9 Å². The number of likely N-dealkylation sites (N-methyl/N-ethyl adjacent to an activating group) is 1. The normalized spacial score (nSPS) is 13.8. The predicted molar refractivity (Wildman–Crippen MR) is 333 cm³/mol. The zero-order chi connectivity index (χ0) is 62.5. The number of nitrogens with two attached hydrogens (primary N) is 4. The Morgan fingerprint density at radius 2 is 0.767 bits per heavy atom. The number of hydrogen-bond donors (Lipinski definition) is 9. The molecule has 468 valence electrons. The lowest BCUT2D eigenvalue weighted by Gasteiger charge is -2.30. The first-order valence-electron chi connectivity index (χ1n) is 28.5. The number of primary amides is 1. The van der Waals surface area contributed by atoms with Crippen molar-refractivity contribution in [1.29, 1.82) is 0 Å². The molecule has 0 radical (unpaired) electrons. The maximum Gasteiger partial charge on any atom is 0.243 e. The van der Waals surface area contributed by atoms with Gasteiger partial charge in [0, 0.05) is 57.3 Å². The van der Waals surface area contributed by atoms with Crippen LogP contribution in [0.4, 0.5) is 0 Å². The van der Waals surface area contributed by atoms with Gasteiger partial charge in [0.05, 0.1) is 36.9 Å². The molecule has 5 atom stereocenters. The Morgan fingerprint density at radius 3 is 1.15 bits per heavy atom. The van der Waals surface area contributed by atoms with Crippen molar-refractivity contribution in [2.75, 3.05) is 77.5 Å². The van der Waals surface area contributed by atoms with Gasteiger partial charge >= 0.3 is 0 Å². The van der Waals surface area contributed by atoms with E-state index in [-0.39, 0.29) is 58.4 Å². The summed E-state index contributed by atoms with van der Waals surface area (Å²) in [4.78, 5) is 70.4. The fourth-order valence-corrected chi connectivity index (χ4v) is 13.8. The number of benzene rings is 5. The largest absolute Gasteiger partial charge is 0.369 e. The number of carbonyl (C=O) groups is 5. The Hall–Kier alpha value is -6.98. The summed E-state index contributed by atoms with van der Waals surface area (Å²) < 4.78 is 86.7. The second kappa shape index (κ2) is 35.6. The van der Waals surface area contributed by atoms with Gasteiger partial charge in [0.1, 0.15) is 12.1 Å². The average Bonchev–Trinajstić information content (AvgIpc) is 3.26. The third kappa shape index (κ3) is 24.4. The molecule has 13 N–H and O–H groups in total. The molecule has 0 unspecified atom stereocenters. The van der Waals surface area contributed by atoms with Crippen molar-refractivity contribution in [1.82, 2.24) is 39.5 Å². The molecule has 0 bridgehead atoms. The zero-order valence-corrected chi connectivity index (χ0v) is 51.1. The van der Waals surface area contributed by atoms with Crippen LogP contribution in [0.15, 0.2) is 152 Å². The SMILES string of the molecule is CN[C@@H](Cc1ccccc1)CN(CC(=O)N[C@@H](Cc1ccccc1)C(=O)N[C@@H](Cc1ccccc1)CN(CC(=O)N[C@@H](CCCCN)C(=O)N[C@@H](Cc1ccccc1)CN(CC(N)=O)S(=O)(=O)Cc1ccccc1)S(=O)(=O)CCN)S(=O)(=O)CCN. The van der Waals surface area contributed by atoms with Crippen molar-refractivity contribution in [2.45, 2.75) is 80.9 Å². The quantitative estimate of drug-likeness (QED) is 0.0235. The molecule has 0 fully saturated rings. The molecule has 26 heteroatoms. The van der Waals surface area contributed by atoms with E-state index < -0.39 is 133 Å². The molecule has 0 spiro atoms. The summed E-state index contributed by atoms with van der Waals surface area (Å²) in [5.41, 5.74) is 26.4. The topological polar surface area (TPSA) is 362 Å². The molecule has 23 nitrogen and oxygen atoms in total. The number of unbranched alkanes of at least 4 members (excludes halogenated alkanes) is 1. The molecule has 5 rings (SSSR count). The van der Waals surface area contributed by atoms with Crippen LogP contribution in [0.5, 0.6) is 0 Å². The fraction of sp³-hybridized carbons (Fsp3) is 0.417. The zero-order valence-electron chi connectivity index (χ0n) is 48.6. The Kier molecular flexibility index (Phi) is 28.9. The molecular formula is C60H84N12O11S3. The summed E-state index contributed by atoms with van der Waals surface area (Å²) in [6, 6.07) is 39.1. The first-order chi connectivity index (χ1) is 41.1. The molecule has 0 saturated heterocycles. The van der Waals surface area contributed by atoms with Crippen LogP contribution in [0.2, 0.25) is 0 Å². The van der Waals surface area contributed by atoms with Crippen LogP contribution >= 0.6 is 0 Å². The van der Waals surface area contributed by atoms with E-state index in [4.69, 9.17) is 22.9 Å². The van der Waals surface area contributed by atoms with Crippen LogP contribution in [0.25, 0.3) is 0 Å². The minimum atomic E-state index is -4.40. The van der Waals surface area contributed by atoms with E-state index >= 15 is 0 Å². The lowest BCUT2D eigenvalue weighted by Crippen LogP contribution is -2.57. The van der Waals surface area contributed by atoms with E-state index in [9.17, 15) is 49.2 Å². The monoisotopic (exact) mass is 1240 g/mol. The minimum absolute atomic E-state index is 0.0214. The van der Waals surface area contributed by atoms with E-state index in [0.29, 0.717) is 41.5 Å². The van der Waals surface area contributed by atoms with Gasteiger partial charge < -0.3 is 49.5 Å². The lowest BCUT2D eigenvalue weighted by atomic mass is 10.0. The maximum absolute atomic E-state index is 14.8. The fourth-order valence-electron chi connectivity index (χ4n) is 9.67. The molecule has 86 heavy (non-hydrogen) atoms. The van der Waals surface area contributed by atoms with Crippen molar-refractivity contribution >= 4 is 59.6 Å². The minimum Gasteiger partial charge on any atom is -0.369 e. The first-order valence-corrected chi connectivity index (χ1v) is 33.3. The summed E-state index contributed by atoms with van der Waals surface area (Å²) in [6.45, 7) is -3.51. The highest BCUT2D eigenvalue weighted by Gasteiger charge is 2.35. The number of hydrogen-bond acceptors (Lipinski definition) is 15. The second-order valence-electron chi connectivity index (χ2n) is 21.0. The van der Waals surface area contributed by atoms with Gasteiger partial charge in [0.15, 0.2) is 0 Å². The third-order valence-corrected chi connectivity index (χ3v) is 19.4. The molecule has 0 heterocycles. The highest BCUT2D eigenvalue weighted by Crippen LogP contribution is 2.17. The number of carbonyl (C=O) groups excluding carboxylic acids is 5. The second-order valence-corrected chi connectivity index (χ2v) is 27.1. The number of rotatable bonds is 40. The number of nitrogens with zero attached hydrogens (tertiary/aromatic N) is 3.